The molecule has 2 aliphatic carbocycles. The van der Waals surface area contributed by atoms with Gasteiger partial charge in [0, 0.05) is 43.3 Å². The average Bonchev–Trinajstić information content (AvgIpc) is 2.69. The van der Waals surface area contributed by atoms with Crippen molar-refractivity contribution in [2.24, 2.45) is 11.8 Å². The first-order chi connectivity index (χ1) is 13.0. The molecule has 2 aliphatic rings. The number of rotatable bonds is 5. The van der Waals surface area contributed by atoms with Crippen LogP contribution in [0.2, 0.25) is 0 Å². The molecule has 0 bridgehead atoms. The summed E-state index contributed by atoms with van der Waals surface area (Å²) in [6, 6.07) is 8.26. The third-order valence-corrected chi connectivity index (χ3v) is 6.07. The van der Waals surface area contributed by atoms with Crippen LogP contribution in [0.25, 0.3) is 0 Å². The predicted molar refractivity (Wildman–Crippen MR) is 110 cm³/mol. The van der Waals surface area contributed by atoms with Crippen LogP contribution in [-0.2, 0) is 9.59 Å². The quantitative estimate of drug-likeness (QED) is 0.824. The number of carbonyl (C=O) groups excluding carboxylic acids is 2. The predicted octanol–water partition coefficient (Wildman–Crippen LogP) is 3.95. The lowest BCUT2D eigenvalue weighted by Crippen LogP contribution is -2.41. The Morgan fingerprint density at radius 1 is 0.815 bits per heavy atom. The summed E-state index contributed by atoms with van der Waals surface area (Å²) in [5.41, 5.74) is 1.94. The van der Waals surface area contributed by atoms with Crippen LogP contribution in [0.5, 0.6) is 0 Å². The fraction of sp³-hybridized carbons (Fsp3) is 0.636. The topological polar surface area (TPSA) is 61.4 Å². The molecule has 3 rings (SSSR count). The van der Waals surface area contributed by atoms with Gasteiger partial charge in [-0.25, -0.2) is 0 Å². The van der Waals surface area contributed by atoms with E-state index >= 15 is 0 Å². The first-order valence-corrected chi connectivity index (χ1v) is 10.4. The molecule has 0 atom stereocenters. The van der Waals surface area contributed by atoms with E-state index in [0.717, 1.165) is 49.9 Å². The van der Waals surface area contributed by atoms with Crippen LogP contribution < -0.4 is 15.5 Å². The van der Waals surface area contributed by atoms with E-state index in [1.165, 1.54) is 19.3 Å². The lowest BCUT2D eigenvalue weighted by molar-refractivity contribution is -0.129. The maximum atomic E-state index is 12.6. The molecular weight excluding hydrogens is 338 g/mol. The molecule has 0 spiro atoms. The van der Waals surface area contributed by atoms with Gasteiger partial charge in [0.25, 0.3) is 0 Å². The summed E-state index contributed by atoms with van der Waals surface area (Å²) in [6.07, 6.45) is 9.22. The van der Waals surface area contributed by atoms with Crippen LogP contribution in [0.1, 0.15) is 57.8 Å². The van der Waals surface area contributed by atoms with Gasteiger partial charge in [-0.2, -0.15) is 0 Å². The first kappa shape index (κ1) is 19.7. The Kier molecular flexibility index (Phi) is 6.75. The highest BCUT2D eigenvalue weighted by Crippen LogP contribution is 2.30. The molecule has 5 heteroatoms. The molecule has 0 aliphatic heterocycles. The molecule has 5 nitrogen and oxygen atoms in total. The van der Waals surface area contributed by atoms with E-state index in [9.17, 15) is 9.59 Å². The molecule has 148 valence electrons. The second-order valence-corrected chi connectivity index (χ2v) is 8.32. The SMILES string of the molecule is CN(C)c1ccc(NC(=O)C2CCC(C(=O)NC3CCCCC3)CC2)cc1. The van der Waals surface area contributed by atoms with Crippen LogP contribution >= 0.6 is 0 Å². The molecule has 1 aromatic rings. The van der Waals surface area contributed by atoms with Crippen molar-refractivity contribution < 1.29 is 9.59 Å². The maximum absolute atomic E-state index is 12.6. The number of carbonyl (C=O) groups is 2. The van der Waals surface area contributed by atoms with E-state index in [2.05, 4.69) is 10.6 Å². The van der Waals surface area contributed by atoms with E-state index in [4.69, 9.17) is 0 Å². The minimum Gasteiger partial charge on any atom is -0.378 e. The summed E-state index contributed by atoms with van der Waals surface area (Å²) in [4.78, 5) is 27.1. The zero-order valence-corrected chi connectivity index (χ0v) is 16.7. The van der Waals surface area contributed by atoms with Crippen molar-refractivity contribution in [3.8, 4) is 0 Å². The van der Waals surface area contributed by atoms with Crippen LogP contribution in [0.4, 0.5) is 11.4 Å². The molecule has 0 heterocycles. The minimum absolute atomic E-state index is 0.0113. The molecule has 2 fully saturated rings. The summed E-state index contributed by atoms with van der Waals surface area (Å²) in [5.74, 6) is 0.381. The van der Waals surface area contributed by atoms with Gasteiger partial charge in [-0.1, -0.05) is 19.3 Å². The summed E-state index contributed by atoms with van der Waals surface area (Å²) >= 11 is 0. The van der Waals surface area contributed by atoms with Crippen LogP contribution in [0.15, 0.2) is 24.3 Å². The molecular formula is C22H33N3O2. The third-order valence-electron chi connectivity index (χ3n) is 6.07. The van der Waals surface area contributed by atoms with Crippen LogP contribution in [-0.4, -0.2) is 32.0 Å². The number of nitrogens with zero attached hydrogens (tertiary/aromatic N) is 1. The number of hydrogen-bond donors (Lipinski definition) is 2. The zero-order valence-electron chi connectivity index (χ0n) is 16.7. The van der Waals surface area contributed by atoms with Crippen molar-refractivity contribution in [3.05, 3.63) is 24.3 Å². The number of nitrogens with one attached hydrogen (secondary N) is 2. The Morgan fingerprint density at radius 2 is 1.37 bits per heavy atom. The second-order valence-electron chi connectivity index (χ2n) is 8.32. The Balaban J connectivity index is 1.43. The van der Waals surface area contributed by atoms with Crippen molar-refractivity contribution in [2.45, 2.75) is 63.8 Å². The summed E-state index contributed by atoms with van der Waals surface area (Å²) in [5, 5.41) is 6.27. The van der Waals surface area contributed by atoms with E-state index in [0.29, 0.717) is 6.04 Å². The standard InChI is InChI=1S/C22H33N3O2/c1-25(2)20-14-12-19(13-15-20)24-22(27)17-10-8-16(9-11-17)21(26)23-18-6-4-3-5-7-18/h12-18H,3-11H2,1-2H3,(H,23,26)(H,24,27). The number of anilines is 2. The lowest BCUT2D eigenvalue weighted by Gasteiger charge is -2.30. The monoisotopic (exact) mass is 371 g/mol. The van der Waals surface area contributed by atoms with Gasteiger partial charge in [0.1, 0.15) is 0 Å². The van der Waals surface area contributed by atoms with Gasteiger partial charge >= 0.3 is 0 Å². The van der Waals surface area contributed by atoms with Crippen molar-refractivity contribution in [3.63, 3.8) is 0 Å². The van der Waals surface area contributed by atoms with E-state index in [1.807, 2.05) is 43.3 Å². The average molecular weight is 372 g/mol. The normalized spacial score (nSPS) is 23.5. The fourth-order valence-electron chi connectivity index (χ4n) is 4.27. The molecule has 2 saturated carbocycles. The molecule has 0 radical (unpaired) electrons. The molecule has 2 amide bonds. The Bertz CT molecular complexity index is 627. The maximum Gasteiger partial charge on any atom is 0.227 e. The van der Waals surface area contributed by atoms with E-state index in [1.54, 1.807) is 0 Å². The zero-order chi connectivity index (χ0) is 19.2. The highest BCUT2D eigenvalue weighted by Gasteiger charge is 2.31. The van der Waals surface area contributed by atoms with E-state index in [-0.39, 0.29) is 23.7 Å². The van der Waals surface area contributed by atoms with Crippen molar-refractivity contribution in [1.82, 2.24) is 5.32 Å². The molecule has 1 aromatic carbocycles. The molecule has 27 heavy (non-hydrogen) atoms. The second kappa shape index (κ2) is 9.25. The van der Waals surface area contributed by atoms with Crippen LogP contribution in [0, 0.1) is 11.8 Å². The van der Waals surface area contributed by atoms with Gasteiger partial charge in [0.2, 0.25) is 11.8 Å². The largest absolute Gasteiger partial charge is 0.378 e. The molecule has 0 saturated heterocycles. The van der Waals surface area contributed by atoms with Gasteiger partial charge in [0.05, 0.1) is 0 Å². The number of amides is 2. The van der Waals surface area contributed by atoms with E-state index < -0.39 is 0 Å². The molecule has 0 aromatic heterocycles. The number of benzene rings is 1. The number of hydrogen-bond acceptors (Lipinski definition) is 3. The van der Waals surface area contributed by atoms with Crippen molar-refractivity contribution >= 4 is 23.2 Å². The first-order valence-electron chi connectivity index (χ1n) is 10.4. The van der Waals surface area contributed by atoms with Gasteiger partial charge in [-0.3, -0.25) is 9.59 Å². The highest BCUT2D eigenvalue weighted by atomic mass is 16.2. The van der Waals surface area contributed by atoms with Crippen LogP contribution in [0.3, 0.4) is 0 Å². The third kappa shape index (κ3) is 5.47. The van der Waals surface area contributed by atoms with Crippen molar-refractivity contribution in [1.29, 1.82) is 0 Å². The van der Waals surface area contributed by atoms with Crippen molar-refractivity contribution in [2.75, 3.05) is 24.3 Å². The summed E-state index contributed by atoms with van der Waals surface area (Å²) in [7, 11) is 3.99. The summed E-state index contributed by atoms with van der Waals surface area (Å²) < 4.78 is 0. The lowest BCUT2D eigenvalue weighted by atomic mass is 9.80. The minimum atomic E-state index is 0.0113. The molecule has 2 N–H and O–H groups in total. The van der Waals surface area contributed by atoms with Gasteiger partial charge in [-0.15, -0.1) is 0 Å². The summed E-state index contributed by atoms with van der Waals surface area (Å²) in [6.45, 7) is 0. The Hall–Kier alpha value is -2.04. The fourth-order valence-corrected chi connectivity index (χ4v) is 4.27. The van der Waals surface area contributed by atoms with Gasteiger partial charge in [-0.05, 0) is 62.8 Å². The Morgan fingerprint density at radius 3 is 1.93 bits per heavy atom. The molecule has 0 unspecified atom stereocenters. The van der Waals surface area contributed by atoms with Gasteiger partial charge < -0.3 is 15.5 Å². The smallest absolute Gasteiger partial charge is 0.227 e. The van der Waals surface area contributed by atoms with Gasteiger partial charge in [0.15, 0.2) is 0 Å². The highest BCUT2D eigenvalue weighted by molar-refractivity contribution is 5.93. The Labute approximate surface area is 162 Å².